The molecule has 120 heavy (non-hydrogen) atoms. The average Bonchev–Trinajstić information content (AvgIpc) is 1.04. The second-order valence-electron chi connectivity index (χ2n) is 30.9. The Labute approximate surface area is 707 Å². The maximum Gasteiger partial charge on any atom is 0.0756 e. The highest BCUT2D eigenvalue weighted by Gasteiger charge is 2.49. The van der Waals surface area contributed by atoms with Gasteiger partial charge in [0.05, 0.1) is 39.3 Å². The molecule has 0 saturated carbocycles. The Hall–Kier alpha value is -14.9. The fourth-order valence-corrected chi connectivity index (χ4v) is 21.8. The third-order valence-corrected chi connectivity index (χ3v) is 26.9. The SMILES string of the molecule is c1ccc(N(c2ccc(-c3ccc(N4c5ccccc5C(c5ccccc5)(c5cccc6c5sc5ccccc56)c5ccccc54)cc3)cc2)c2cccc3ccccc23)cc1.c1ccc(N(c2ccccc2)c2ccc(-c3ccc(N4c5ccccc5C(c5ccccc5)(c5cccc6c5sc5ccccc56)c5ccccc54)cc3)cc2)cc1. The second-order valence-corrected chi connectivity index (χ2v) is 33.0. The quantitative estimate of drug-likeness (QED) is 0.108. The van der Waals surface area contributed by atoms with Crippen molar-refractivity contribution in [2.24, 2.45) is 0 Å². The molecule has 0 amide bonds. The first-order valence-corrected chi connectivity index (χ1v) is 42.7. The Morgan fingerprint density at radius 3 is 0.867 bits per heavy atom. The van der Waals surface area contributed by atoms with Crippen molar-refractivity contribution >= 4 is 142 Å². The number of hydrogen-bond donors (Lipinski definition) is 0. The van der Waals surface area contributed by atoms with Gasteiger partial charge in [-0.25, -0.2) is 0 Å². The molecule has 566 valence electrons. The minimum Gasteiger partial charge on any atom is -0.311 e. The van der Waals surface area contributed by atoms with Crippen LogP contribution < -0.4 is 19.6 Å². The van der Waals surface area contributed by atoms with Crippen LogP contribution in [0.25, 0.3) is 73.4 Å². The molecular weight excluding hydrogens is 1490 g/mol. The van der Waals surface area contributed by atoms with Crippen molar-refractivity contribution < 1.29 is 0 Å². The summed E-state index contributed by atoms with van der Waals surface area (Å²) in [5.41, 5.74) is 27.5. The molecule has 4 nitrogen and oxygen atoms in total. The first-order valence-electron chi connectivity index (χ1n) is 41.1. The van der Waals surface area contributed by atoms with Crippen LogP contribution in [-0.4, -0.2) is 0 Å². The van der Waals surface area contributed by atoms with E-state index < -0.39 is 10.8 Å². The standard InChI is InChI=1S/C59H40N2S.C55H38N2S/c1-3-19-44(20-4-1)59(53-28-16-25-50-49-24-9-14-32-57(49)62-58(50)53)51-26-10-12-29-55(51)61(56-30-13-11-27-52(56)59)47-39-35-42(36-40-47)41-33-37-46(38-34-41)60(45-21-5-2-6-22-45)54-31-15-18-43-17-7-8-23-48(43)54;1-4-17-41(18-5-1)55(50-27-16-24-47-46-23-10-15-30-53(46)58-54(47)50)48-25-11-13-28-51(48)57(52-29-14-12-26-49(52)55)45-37-33-40(34-38-45)39-31-35-44(36-32-39)56(42-19-6-2-7-20-42)43-21-8-3-9-22-43/h1-40H;1-38H. The van der Waals surface area contributed by atoms with Gasteiger partial charge >= 0.3 is 0 Å². The molecule has 0 N–H and O–H groups in total. The Balaban J connectivity index is 0.000000144. The maximum absolute atomic E-state index is 2.46. The Kier molecular flexibility index (Phi) is 18.1. The molecule has 21 aromatic rings. The summed E-state index contributed by atoms with van der Waals surface area (Å²) in [6.45, 7) is 0. The number of hydrogen-bond acceptors (Lipinski definition) is 6. The van der Waals surface area contributed by atoms with Gasteiger partial charge in [-0.1, -0.05) is 346 Å². The average molecular weight is 1570 g/mol. The lowest BCUT2D eigenvalue weighted by Gasteiger charge is -2.46. The predicted octanol–water partition coefficient (Wildman–Crippen LogP) is 31.9. The summed E-state index contributed by atoms with van der Waals surface area (Å²) in [6, 6.07) is 173. The van der Waals surface area contributed by atoms with Gasteiger partial charge in [-0.3, -0.25) is 0 Å². The molecule has 2 aromatic heterocycles. The fourth-order valence-electron chi connectivity index (χ4n) is 19.2. The van der Waals surface area contributed by atoms with Crippen molar-refractivity contribution in [1.82, 2.24) is 0 Å². The first kappa shape index (κ1) is 71.6. The smallest absolute Gasteiger partial charge is 0.0756 e. The summed E-state index contributed by atoms with van der Waals surface area (Å²) in [7, 11) is 0. The summed E-state index contributed by atoms with van der Waals surface area (Å²) in [6.07, 6.45) is 0. The van der Waals surface area contributed by atoms with Crippen LogP contribution in [0.15, 0.2) is 473 Å². The molecule has 0 atom stereocenters. The van der Waals surface area contributed by atoms with E-state index in [1.165, 1.54) is 141 Å². The van der Waals surface area contributed by atoms with Crippen LogP contribution in [0.3, 0.4) is 0 Å². The molecule has 0 fully saturated rings. The maximum atomic E-state index is 2.46. The number of para-hydroxylation sites is 7. The number of nitrogens with zero attached hydrogens (tertiary/aromatic N) is 4. The van der Waals surface area contributed by atoms with Crippen molar-refractivity contribution in [3.8, 4) is 22.3 Å². The van der Waals surface area contributed by atoms with Gasteiger partial charge < -0.3 is 19.6 Å². The van der Waals surface area contributed by atoms with Gasteiger partial charge in [-0.15, -0.1) is 22.7 Å². The Morgan fingerprint density at radius 1 is 0.192 bits per heavy atom. The highest BCUT2D eigenvalue weighted by Crippen LogP contribution is 2.62. The molecule has 0 radical (unpaired) electrons. The zero-order chi connectivity index (χ0) is 79.5. The second kappa shape index (κ2) is 30.3. The van der Waals surface area contributed by atoms with Gasteiger partial charge in [-0.05, 0) is 200 Å². The van der Waals surface area contributed by atoms with E-state index in [0.717, 1.165) is 45.5 Å². The zero-order valence-corrected chi connectivity index (χ0v) is 67.3. The molecule has 2 aliphatic heterocycles. The summed E-state index contributed by atoms with van der Waals surface area (Å²) in [5, 5.41) is 7.68. The highest BCUT2D eigenvalue weighted by atomic mass is 32.1. The third-order valence-electron chi connectivity index (χ3n) is 24.4. The third kappa shape index (κ3) is 11.9. The molecule has 6 heteroatoms. The van der Waals surface area contributed by atoms with Gasteiger partial charge in [0.15, 0.2) is 0 Å². The molecule has 23 rings (SSSR count). The fraction of sp³-hybridized carbons (Fsp3) is 0.0175. The van der Waals surface area contributed by atoms with Crippen LogP contribution >= 0.6 is 22.7 Å². The Morgan fingerprint density at radius 2 is 0.467 bits per heavy atom. The number of anilines is 12. The van der Waals surface area contributed by atoms with Crippen LogP contribution in [0, 0.1) is 0 Å². The van der Waals surface area contributed by atoms with Crippen LogP contribution in [0.2, 0.25) is 0 Å². The number of fused-ring (bicyclic) bond motifs is 11. The lowest BCUT2D eigenvalue weighted by Crippen LogP contribution is -2.37. The van der Waals surface area contributed by atoms with Crippen LogP contribution in [0.4, 0.5) is 68.2 Å². The summed E-state index contributed by atoms with van der Waals surface area (Å²) >= 11 is 3.81. The molecule has 0 spiro atoms. The van der Waals surface area contributed by atoms with E-state index >= 15 is 0 Å². The molecule has 19 aromatic carbocycles. The molecular formula is C114H78N4S2. The van der Waals surface area contributed by atoms with E-state index in [1.807, 2.05) is 22.7 Å². The minimum absolute atomic E-state index is 0.555. The van der Waals surface area contributed by atoms with Crippen LogP contribution in [-0.2, 0) is 10.8 Å². The summed E-state index contributed by atoms with van der Waals surface area (Å²) < 4.78 is 5.28. The van der Waals surface area contributed by atoms with Crippen molar-refractivity contribution in [3.05, 3.63) is 518 Å². The van der Waals surface area contributed by atoms with Crippen molar-refractivity contribution in [1.29, 1.82) is 0 Å². The summed E-state index contributed by atoms with van der Waals surface area (Å²) in [5.74, 6) is 0. The van der Waals surface area contributed by atoms with Gasteiger partial charge in [0.2, 0.25) is 0 Å². The lowest BCUT2D eigenvalue weighted by molar-refractivity contribution is 0.739. The van der Waals surface area contributed by atoms with E-state index in [-0.39, 0.29) is 0 Å². The van der Waals surface area contributed by atoms with Crippen LogP contribution in [0.5, 0.6) is 0 Å². The lowest BCUT2D eigenvalue weighted by atomic mass is 9.62. The van der Waals surface area contributed by atoms with Gasteiger partial charge in [0, 0.05) is 85.5 Å². The van der Waals surface area contributed by atoms with E-state index in [2.05, 4.69) is 493 Å². The molecule has 0 aliphatic carbocycles. The normalized spacial score (nSPS) is 12.9. The molecule has 0 unspecified atom stereocenters. The van der Waals surface area contributed by atoms with E-state index in [4.69, 9.17) is 0 Å². The molecule has 4 heterocycles. The van der Waals surface area contributed by atoms with Gasteiger partial charge in [0.25, 0.3) is 0 Å². The number of benzene rings is 19. The van der Waals surface area contributed by atoms with E-state index in [0.29, 0.717) is 0 Å². The van der Waals surface area contributed by atoms with E-state index in [9.17, 15) is 0 Å². The van der Waals surface area contributed by atoms with E-state index in [1.54, 1.807) is 0 Å². The molecule has 2 aliphatic rings. The first-order chi connectivity index (χ1) is 59.6. The number of rotatable bonds is 14. The van der Waals surface area contributed by atoms with Gasteiger partial charge in [0.1, 0.15) is 0 Å². The predicted molar refractivity (Wildman–Crippen MR) is 510 cm³/mol. The topological polar surface area (TPSA) is 13.0 Å². The Bertz CT molecular complexity index is 7200. The zero-order valence-electron chi connectivity index (χ0n) is 65.6. The monoisotopic (exact) mass is 1570 g/mol. The number of thiophene rings is 2. The van der Waals surface area contributed by atoms with Crippen molar-refractivity contribution in [2.45, 2.75) is 10.8 Å². The largest absolute Gasteiger partial charge is 0.311 e. The highest BCUT2D eigenvalue weighted by molar-refractivity contribution is 7.26. The molecule has 0 bridgehead atoms. The van der Waals surface area contributed by atoms with Gasteiger partial charge in [-0.2, -0.15) is 0 Å². The van der Waals surface area contributed by atoms with Crippen LogP contribution in [0.1, 0.15) is 44.5 Å². The summed E-state index contributed by atoms with van der Waals surface area (Å²) in [4.78, 5) is 9.58. The minimum atomic E-state index is -0.563. The van der Waals surface area contributed by atoms with Crippen molar-refractivity contribution in [3.63, 3.8) is 0 Å². The molecule has 0 saturated heterocycles. The van der Waals surface area contributed by atoms with Crippen molar-refractivity contribution in [2.75, 3.05) is 19.6 Å².